The molecule has 0 radical (unpaired) electrons. The maximum atomic E-state index is 13.4. The van der Waals surface area contributed by atoms with Gasteiger partial charge in [-0.2, -0.15) is 13.2 Å². The minimum atomic E-state index is -4.63. The number of halogens is 4. The molecule has 0 spiro atoms. The number of nitrogens with zero attached hydrogens (tertiary/aromatic N) is 2. The Morgan fingerprint density at radius 1 is 1.07 bits per heavy atom. The summed E-state index contributed by atoms with van der Waals surface area (Å²) in [4.78, 5) is 28.0. The fourth-order valence-corrected chi connectivity index (χ4v) is 5.99. The van der Waals surface area contributed by atoms with Gasteiger partial charge in [-0.25, -0.2) is 8.42 Å². The van der Waals surface area contributed by atoms with Crippen LogP contribution < -0.4 is 9.62 Å². The van der Waals surface area contributed by atoms with Gasteiger partial charge in [-0.1, -0.05) is 49.1 Å². The summed E-state index contributed by atoms with van der Waals surface area (Å²) in [6, 6.07) is 10.2. The van der Waals surface area contributed by atoms with Crippen LogP contribution in [-0.4, -0.2) is 50.0 Å². The van der Waals surface area contributed by atoms with Crippen LogP contribution in [0.25, 0.3) is 0 Å². The molecule has 1 aliphatic rings. The van der Waals surface area contributed by atoms with Crippen molar-refractivity contribution in [3.8, 4) is 0 Å². The number of nitrogens with one attached hydrogen (secondary N) is 1. The van der Waals surface area contributed by atoms with Crippen LogP contribution in [0.1, 0.15) is 63.0 Å². The minimum Gasteiger partial charge on any atom is -0.352 e. The van der Waals surface area contributed by atoms with Crippen molar-refractivity contribution in [2.45, 2.75) is 76.7 Å². The van der Waals surface area contributed by atoms with Crippen molar-refractivity contribution < 1.29 is 31.2 Å². The van der Waals surface area contributed by atoms with Gasteiger partial charge >= 0.3 is 6.18 Å². The molecular weight excluding hydrogens is 567 g/mol. The van der Waals surface area contributed by atoms with E-state index in [9.17, 15) is 31.2 Å². The van der Waals surface area contributed by atoms with Crippen LogP contribution >= 0.6 is 11.6 Å². The Balaban J connectivity index is 1.74. The van der Waals surface area contributed by atoms with Crippen molar-refractivity contribution in [2.24, 2.45) is 0 Å². The normalized spacial score (nSPS) is 15.3. The first-order valence-electron chi connectivity index (χ1n) is 13.2. The van der Waals surface area contributed by atoms with Gasteiger partial charge in [-0.3, -0.25) is 13.9 Å². The molecule has 1 N–H and O–H groups in total. The smallest absolute Gasteiger partial charge is 0.352 e. The number of amides is 2. The first kappa shape index (κ1) is 31.7. The van der Waals surface area contributed by atoms with Crippen LogP contribution in [-0.2, 0) is 32.3 Å². The van der Waals surface area contributed by atoms with Crippen molar-refractivity contribution in [2.75, 3.05) is 17.1 Å². The zero-order valence-electron chi connectivity index (χ0n) is 22.6. The van der Waals surface area contributed by atoms with E-state index in [-0.39, 0.29) is 49.5 Å². The van der Waals surface area contributed by atoms with E-state index in [4.69, 9.17) is 11.6 Å². The largest absolute Gasteiger partial charge is 0.416 e. The Labute approximate surface area is 238 Å². The molecule has 0 heterocycles. The molecule has 0 saturated heterocycles. The van der Waals surface area contributed by atoms with Gasteiger partial charge in [0.25, 0.3) is 0 Å². The number of hydrogen-bond acceptors (Lipinski definition) is 4. The average molecular weight is 602 g/mol. The number of carbonyl (C=O) groups is 2. The second-order valence-corrected chi connectivity index (χ2v) is 12.5. The van der Waals surface area contributed by atoms with Crippen LogP contribution in [0.3, 0.4) is 0 Å². The number of benzene rings is 2. The van der Waals surface area contributed by atoms with Crippen molar-refractivity contribution in [1.82, 2.24) is 10.2 Å². The van der Waals surface area contributed by atoms with E-state index in [1.54, 1.807) is 31.2 Å². The topological polar surface area (TPSA) is 86.8 Å². The summed E-state index contributed by atoms with van der Waals surface area (Å²) in [5.74, 6) is -0.659. The molecule has 1 atom stereocenters. The number of sulfonamides is 1. The highest BCUT2D eigenvalue weighted by Gasteiger charge is 2.32. The molecule has 2 aromatic rings. The van der Waals surface area contributed by atoms with Crippen molar-refractivity contribution in [3.63, 3.8) is 0 Å². The Bertz CT molecular complexity index is 1280. The summed E-state index contributed by atoms with van der Waals surface area (Å²) in [6.07, 6.45) is 1.15. The summed E-state index contributed by atoms with van der Waals surface area (Å²) in [5, 5.41) is 3.53. The molecule has 1 aliphatic carbocycles. The van der Waals surface area contributed by atoms with Gasteiger partial charge in [0.05, 0.1) is 17.5 Å². The number of hydrogen-bond donors (Lipinski definition) is 1. The van der Waals surface area contributed by atoms with Crippen LogP contribution in [0.5, 0.6) is 0 Å². The summed E-state index contributed by atoms with van der Waals surface area (Å²) in [6.45, 7) is 1.55. The highest BCUT2D eigenvalue weighted by Crippen LogP contribution is 2.32. The highest BCUT2D eigenvalue weighted by molar-refractivity contribution is 7.92. The van der Waals surface area contributed by atoms with E-state index in [0.717, 1.165) is 66.4 Å². The van der Waals surface area contributed by atoms with Gasteiger partial charge in [0.1, 0.15) is 6.04 Å². The maximum absolute atomic E-state index is 13.4. The fraction of sp³-hybridized carbons (Fsp3) is 0.500. The molecular formula is C28H35ClF3N3O4S. The molecule has 0 aromatic heterocycles. The first-order chi connectivity index (χ1) is 18.8. The van der Waals surface area contributed by atoms with Crippen LogP contribution in [0, 0.1) is 0 Å². The van der Waals surface area contributed by atoms with Gasteiger partial charge in [-0.15, -0.1) is 0 Å². The second-order valence-electron chi connectivity index (χ2n) is 10.2. The predicted octanol–water partition coefficient (Wildman–Crippen LogP) is 5.77. The molecule has 12 heteroatoms. The average Bonchev–Trinajstić information content (AvgIpc) is 2.88. The summed E-state index contributed by atoms with van der Waals surface area (Å²) in [5.41, 5.74) is -0.388. The molecule has 0 bridgehead atoms. The van der Waals surface area contributed by atoms with Gasteiger partial charge in [0.2, 0.25) is 21.8 Å². The van der Waals surface area contributed by atoms with E-state index in [1.165, 1.54) is 11.0 Å². The van der Waals surface area contributed by atoms with Crippen LogP contribution in [0.15, 0.2) is 48.5 Å². The summed E-state index contributed by atoms with van der Waals surface area (Å²) >= 11 is 6.12. The lowest BCUT2D eigenvalue weighted by molar-refractivity contribution is -0.141. The molecule has 1 unspecified atom stereocenters. The molecule has 1 saturated carbocycles. The van der Waals surface area contributed by atoms with Crippen LogP contribution in [0.2, 0.25) is 5.02 Å². The SMILES string of the molecule is CC(C(=O)NC1CCCCC1)N(Cc1cccc(Cl)c1)C(=O)CCCN(c1cccc(C(F)(F)F)c1)S(C)(=O)=O. The Kier molecular flexibility index (Phi) is 10.9. The summed E-state index contributed by atoms with van der Waals surface area (Å²) in [7, 11) is -3.94. The Morgan fingerprint density at radius 3 is 2.38 bits per heavy atom. The summed E-state index contributed by atoms with van der Waals surface area (Å²) < 4.78 is 65.4. The third-order valence-electron chi connectivity index (χ3n) is 6.97. The van der Waals surface area contributed by atoms with E-state index in [1.807, 2.05) is 0 Å². The first-order valence-corrected chi connectivity index (χ1v) is 15.5. The van der Waals surface area contributed by atoms with Crippen molar-refractivity contribution in [3.05, 3.63) is 64.7 Å². The second kappa shape index (κ2) is 13.7. The van der Waals surface area contributed by atoms with Gasteiger partial charge in [0, 0.05) is 30.6 Å². The lowest BCUT2D eigenvalue weighted by atomic mass is 9.95. The molecule has 220 valence electrons. The Morgan fingerprint density at radius 2 is 1.75 bits per heavy atom. The number of rotatable bonds is 11. The third kappa shape index (κ3) is 9.12. The number of carbonyl (C=O) groups excluding carboxylic acids is 2. The van der Waals surface area contributed by atoms with E-state index in [0.29, 0.717) is 5.02 Å². The molecule has 1 fully saturated rings. The monoisotopic (exact) mass is 601 g/mol. The lowest BCUT2D eigenvalue weighted by Crippen LogP contribution is -2.50. The molecule has 2 amide bonds. The molecule has 3 rings (SSSR count). The number of alkyl halides is 3. The molecule has 40 heavy (non-hydrogen) atoms. The van der Waals surface area contributed by atoms with Gasteiger partial charge < -0.3 is 10.2 Å². The zero-order chi connectivity index (χ0) is 29.5. The van der Waals surface area contributed by atoms with E-state index in [2.05, 4.69) is 5.32 Å². The Hall–Kier alpha value is -2.79. The van der Waals surface area contributed by atoms with Gasteiger partial charge in [0.15, 0.2) is 0 Å². The van der Waals surface area contributed by atoms with Gasteiger partial charge in [-0.05, 0) is 62.1 Å². The van der Waals surface area contributed by atoms with Crippen LogP contribution in [0.4, 0.5) is 18.9 Å². The highest BCUT2D eigenvalue weighted by atomic mass is 35.5. The maximum Gasteiger partial charge on any atom is 0.416 e. The lowest BCUT2D eigenvalue weighted by Gasteiger charge is -2.31. The molecule has 2 aromatic carbocycles. The fourth-order valence-electron chi connectivity index (χ4n) is 4.82. The quantitative estimate of drug-likeness (QED) is 0.354. The van der Waals surface area contributed by atoms with E-state index >= 15 is 0 Å². The zero-order valence-corrected chi connectivity index (χ0v) is 24.2. The number of anilines is 1. The molecule has 0 aliphatic heterocycles. The van der Waals surface area contributed by atoms with E-state index < -0.39 is 27.8 Å². The minimum absolute atomic E-state index is 0.0329. The standard InChI is InChI=1S/C28H35ClF3N3O4S/c1-20(27(37)33-24-12-4-3-5-13-24)34(19-21-9-6-11-23(29)17-21)26(36)15-8-16-35(40(2,38)39)25-14-7-10-22(18-25)28(30,31)32/h6-7,9-11,14,17-18,20,24H,3-5,8,12-13,15-16,19H2,1-2H3,(H,33,37). The molecule has 7 nitrogen and oxygen atoms in total. The van der Waals surface area contributed by atoms with Crippen molar-refractivity contribution in [1.29, 1.82) is 0 Å². The third-order valence-corrected chi connectivity index (χ3v) is 8.40. The van der Waals surface area contributed by atoms with Crippen molar-refractivity contribution >= 4 is 39.1 Å². The predicted molar refractivity (Wildman–Crippen MR) is 149 cm³/mol.